The van der Waals surface area contributed by atoms with Gasteiger partial charge in [-0.25, -0.2) is 8.78 Å². The maximum Gasteiger partial charge on any atom is 0.389 e. The van der Waals surface area contributed by atoms with Crippen molar-refractivity contribution in [1.82, 2.24) is 9.47 Å². The van der Waals surface area contributed by atoms with Gasteiger partial charge in [-0.2, -0.15) is 13.2 Å². The van der Waals surface area contributed by atoms with Crippen LogP contribution in [0.15, 0.2) is 36.4 Å². The summed E-state index contributed by atoms with van der Waals surface area (Å²) >= 11 is 0. The molecule has 31 heavy (non-hydrogen) atoms. The molecule has 1 saturated heterocycles. The van der Waals surface area contributed by atoms with Crippen molar-refractivity contribution in [3.63, 3.8) is 0 Å². The minimum absolute atomic E-state index is 0.0514. The molecule has 1 fully saturated rings. The van der Waals surface area contributed by atoms with Crippen LogP contribution in [0, 0.1) is 11.6 Å². The number of nitrogens with zero attached hydrogens (tertiary/aromatic N) is 2. The summed E-state index contributed by atoms with van der Waals surface area (Å²) in [4.78, 5) is 2.06. The van der Waals surface area contributed by atoms with Crippen molar-refractivity contribution in [3.8, 4) is 0 Å². The highest BCUT2D eigenvalue weighted by atomic mass is 19.4. The van der Waals surface area contributed by atoms with Crippen LogP contribution in [0.2, 0.25) is 0 Å². The van der Waals surface area contributed by atoms with Crippen LogP contribution >= 0.6 is 0 Å². The predicted molar refractivity (Wildman–Crippen MR) is 115 cm³/mol. The maximum atomic E-state index is 13.8. The molecule has 1 aromatic heterocycles. The van der Waals surface area contributed by atoms with Crippen molar-refractivity contribution in [2.75, 3.05) is 19.6 Å². The normalized spacial score (nSPS) is 17.7. The summed E-state index contributed by atoms with van der Waals surface area (Å²) < 4.78 is 67.0. The zero-order chi connectivity index (χ0) is 22.6. The summed E-state index contributed by atoms with van der Waals surface area (Å²) in [6.07, 6.45) is -1.82. The number of alkyl halides is 3. The summed E-state index contributed by atoms with van der Waals surface area (Å²) in [7, 11) is 0. The molecule has 1 aliphatic rings. The highest BCUT2D eigenvalue weighted by Gasteiger charge is 2.28. The first-order valence-electron chi connectivity index (χ1n) is 10.9. The zero-order valence-corrected chi connectivity index (χ0v) is 18.0. The predicted octanol–water partition coefficient (Wildman–Crippen LogP) is 7.47. The van der Waals surface area contributed by atoms with Crippen LogP contribution in [0.4, 0.5) is 22.0 Å². The van der Waals surface area contributed by atoms with Crippen LogP contribution < -0.4 is 0 Å². The molecule has 0 aliphatic carbocycles. The first-order chi connectivity index (χ1) is 14.7. The average molecular weight is 441 g/mol. The van der Waals surface area contributed by atoms with Gasteiger partial charge in [0, 0.05) is 40.8 Å². The fourth-order valence-electron chi connectivity index (χ4n) is 4.34. The van der Waals surface area contributed by atoms with Crippen molar-refractivity contribution in [2.45, 2.75) is 58.2 Å². The van der Waals surface area contributed by atoms with E-state index in [9.17, 15) is 22.0 Å². The molecule has 0 N–H and O–H groups in total. The summed E-state index contributed by atoms with van der Waals surface area (Å²) in [6.45, 7) is 6.05. The summed E-state index contributed by atoms with van der Waals surface area (Å²) in [6, 6.07) is 9.05. The van der Waals surface area contributed by atoms with E-state index in [1.54, 1.807) is 12.1 Å². The van der Waals surface area contributed by atoms with Gasteiger partial charge in [0.05, 0.1) is 0 Å². The summed E-state index contributed by atoms with van der Waals surface area (Å²) in [5.41, 5.74) is 1.65. The lowest BCUT2D eigenvalue weighted by Crippen LogP contribution is -2.37. The number of benzene rings is 2. The molecule has 4 rings (SSSR count). The molecule has 2 aromatic carbocycles. The highest BCUT2D eigenvalue weighted by Crippen LogP contribution is 2.36. The molecule has 0 amide bonds. The number of halogens is 5. The van der Waals surface area contributed by atoms with E-state index in [1.807, 2.05) is 0 Å². The fraction of sp³-hybridized carbons (Fsp3) is 0.500. The van der Waals surface area contributed by atoms with E-state index >= 15 is 0 Å². The average Bonchev–Trinajstić information content (AvgIpc) is 3.01. The first kappa shape index (κ1) is 23.5. The molecule has 1 aliphatic heterocycles. The summed E-state index contributed by atoms with van der Waals surface area (Å²) in [5, 5.41) is 1.31. The Labute approximate surface area is 179 Å². The number of hydrogen-bond acceptors (Lipinski definition) is 1. The quantitative estimate of drug-likeness (QED) is 0.382. The number of fused-ring (bicyclic) bond motifs is 3. The monoisotopic (exact) mass is 440 g/mol. The van der Waals surface area contributed by atoms with Crippen LogP contribution in [-0.4, -0.2) is 35.3 Å². The van der Waals surface area contributed by atoms with Gasteiger partial charge < -0.3 is 9.47 Å². The number of hydrogen-bond donors (Lipinski definition) is 0. The van der Waals surface area contributed by atoms with Gasteiger partial charge in [-0.3, -0.25) is 0 Å². The third-order valence-corrected chi connectivity index (χ3v) is 5.51. The fourth-order valence-corrected chi connectivity index (χ4v) is 4.34. The number of aromatic nitrogens is 1. The molecular weight excluding hydrogens is 411 g/mol. The Kier molecular flexibility index (Phi) is 7.57. The van der Waals surface area contributed by atoms with Gasteiger partial charge in [0.25, 0.3) is 0 Å². The Morgan fingerprint density at radius 2 is 1.48 bits per heavy atom. The van der Waals surface area contributed by atoms with Crippen LogP contribution in [-0.2, 0) is 0 Å². The van der Waals surface area contributed by atoms with Gasteiger partial charge in [-0.1, -0.05) is 20.3 Å². The zero-order valence-electron chi connectivity index (χ0n) is 18.0. The minimum atomic E-state index is -4.13. The topological polar surface area (TPSA) is 8.17 Å². The molecule has 1 unspecified atom stereocenters. The molecule has 7 heteroatoms. The van der Waals surface area contributed by atoms with E-state index in [0.717, 1.165) is 30.4 Å². The Bertz CT molecular complexity index is 949. The Morgan fingerprint density at radius 1 is 0.935 bits per heavy atom. The van der Waals surface area contributed by atoms with Gasteiger partial charge in [0.15, 0.2) is 0 Å². The van der Waals surface area contributed by atoms with E-state index in [0.29, 0.717) is 23.9 Å². The second-order valence-electron chi connectivity index (χ2n) is 8.22. The van der Waals surface area contributed by atoms with E-state index in [-0.39, 0.29) is 24.1 Å². The molecule has 2 nitrogen and oxygen atoms in total. The van der Waals surface area contributed by atoms with Gasteiger partial charge in [-0.05, 0) is 68.8 Å². The largest absolute Gasteiger partial charge is 0.389 e. The van der Waals surface area contributed by atoms with E-state index in [4.69, 9.17) is 0 Å². The molecule has 2 heterocycles. The lowest BCUT2D eigenvalue weighted by molar-refractivity contribution is -0.136. The van der Waals surface area contributed by atoms with Gasteiger partial charge in [0.1, 0.15) is 11.6 Å². The third-order valence-electron chi connectivity index (χ3n) is 5.51. The molecule has 1 atom stereocenters. The van der Waals surface area contributed by atoms with Crippen molar-refractivity contribution >= 4 is 21.8 Å². The standard InChI is InChI=1S/C21H21F5N2.C3H8/c22-14-4-6-19-17(11-14)18-12-15(23)5-7-20(18)28(19)16-3-1-9-27(13-16)10-2-8-21(24,25)26;1-3-2/h4-7,11-12,16H,1-3,8-10,13H2;3H2,1-2H3. The molecule has 0 spiro atoms. The molecule has 0 radical (unpaired) electrons. The second kappa shape index (κ2) is 9.98. The molecule has 170 valence electrons. The maximum absolute atomic E-state index is 13.8. The molecular formula is C24H29F5N2. The minimum Gasteiger partial charge on any atom is -0.336 e. The SMILES string of the molecule is CCC.Fc1ccc2c(c1)c1cc(F)ccc1n2C1CCCN(CCCC(F)(F)F)C1. The lowest BCUT2D eigenvalue weighted by atomic mass is 10.0. The van der Waals surface area contributed by atoms with Crippen LogP contribution in [0.25, 0.3) is 21.8 Å². The van der Waals surface area contributed by atoms with Crippen LogP contribution in [0.5, 0.6) is 0 Å². The molecule has 0 bridgehead atoms. The first-order valence-corrected chi connectivity index (χ1v) is 10.9. The van der Waals surface area contributed by atoms with E-state index in [2.05, 4.69) is 23.3 Å². The van der Waals surface area contributed by atoms with Crippen LogP contribution in [0.3, 0.4) is 0 Å². The number of likely N-dealkylation sites (tertiary alicyclic amines) is 1. The van der Waals surface area contributed by atoms with E-state index in [1.165, 1.54) is 30.7 Å². The lowest BCUT2D eigenvalue weighted by Gasteiger charge is -2.34. The van der Waals surface area contributed by atoms with Gasteiger partial charge >= 0.3 is 6.18 Å². The van der Waals surface area contributed by atoms with Crippen molar-refractivity contribution in [2.24, 2.45) is 0 Å². The third kappa shape index (κ3) is 5.76. The van der Waals surface area contributed by atoms with Crippen molar-refractivity contribution in [3.05, 3.63) is 48.0 Å². The van der Waals surface area contributed by atoms with E-state index < -0.39 is 12.6 Å². The molecule has 3 aromatic rings. The summed E-state index contributed by atoms with van der Waals surface area (Å²) in [5.74, 6) is -0.763. The van der Waals surface area contributed by atoms with Gasteiger partial charge in [0.2, 0.25) is 0 Å². The highest BCUT2D eigenvalue weighted by molar-refractivity contribution is 6.08. The van der Waals surface area contributed by atoms with Gasteiger partial charge in [-0.15, -0.1) is 0 Å². The Morgan fingerprint density at radius 3 is 2.00 bits per heavy atom. The number of piperidine rings is 1. The second-order valence-corrected chi connectivity index (χ2v) is 8.22. The van der Waals surface area contributed by atoms with Crippen LogP contribution in [0.1, 0.15) is 52.0 Å². The Hall–Kier alpha value is -2.15. The Balaban J connectivity index is 0.000000858. The molecule has 0 saturated carbocycles. The van der Waals surface area contributed by atoms with Crippen molar-refractivity contribution < 1.29 is 22.0 Å². The smallest absolute Gasteiger partial charge is 0.336 e. The number of rotatable bonds is 4. The van der Waals surface area contributed by atoms with Crippen molar-refractivity contribution in [1.29, 1.82) is 0 Å².